The maximum absolute atomic E-state index is 13.3. The first kappa shape index (κ1) is 17.5. The van der Waals surface area contributed by atoms with Gasteiger partial charge in [-0.25, -0.2) is 0 Å². The molecule has 1 amide bonds. The molecule has 0 bridgehead atoms. The molecule has 2 aliphatic heterocycles. The number of aliphatic hydroxyl groups is 1. The second kappa shape index (κ2) is 7.70. The van der Waals surface area contributed by atoms with Crippen molar-refractivity contribution in [1.82, 2.24) is 10.2 Å². The molecular weight excluding hydrogens is 332 g/mol. The van der Waals surface area contributed by atoms with Crippen LogP contribution in [0, 0.1) is 0 Å². The fourth-order valence-electron chi connectivity index (χ4n) is 3.25. The van der Waals surface area contributed by atoms with E-state index in [1.807, 2.05) is 0 Å². The van der Waals surface area contributed by atoms with Crippen molar-refractivity contribution in [3.63, 3.8) is 0 Å². The topological polar surface area (TPSA) is 71.0 Å². The van der Waals surface area contributed by atoms with Crippen LogP contribution in [0.2, 0.25) is 5.02 Å². The lowest BCUT2D eigenvalue weighted by molar-refractivity contribution is -0.161. The molecule has 24 heavy (non-hydrogen) atoms. The Balaban J connectivity index is 1.84. The summed E-state index contributed by atoms with van der Waals surface area (Å²) in [6, 6.07) is 6.75. The van der Waals surface area contributed by atoms with Crippen LogP contribution in [0.25, 0.3) is 0 Å². The van der Waals surface area contributed by atoms with Crippen molar-refractivity contribution in [3.8, 4) is 5.75 Å². The highest BCUT2D eigenvalue weighted by atomic mass is 35.5. The smallest absolute Gasteiger partial charge is 0.267 e. The summed E-state index contributed by atoms with van der Waals surface area (Å²) < 4.78 is 11.6. The molecule has 2 fully saturated rings. The van der Waals surface area contributed by atoms with Crippen molar-refractivity contribution < 1.29 is 19.4 Å². The molecule has 2 aliphatic rings. The zero-order valence-electron chi connectivity index (χ0n) is 13.5. The Bertz CT molecular complexity index is 560. The van der Waals surface area contributed by atoms with Gasteiger partial charge in [-0.1, -0.05) is 11.6 Å². The number of rotatable bonds is 4. The zero-order chi connectivity index (χ0) is 17.0. The first-order valence-corrected chi connectivity index (χ1v) is 8.67. The van der Waals surface area contributed by atoms with Gasteiger partial charge < -0.3 is 24.8 Å². The first-order chi connectivity index (χ1) is 11.6. The molecule has 1 aromatic rings. The maximum Gasteiger partial charge on any atom is 0.267 e. The van der Waals surface area contributed by atoms with Crippen molar-refractivity contribution in [2.45, 2.75) is 24.5 Å². The monoisotopic (exact) mass is 354 g/mol. The van der Waals surface area contributed by atoms with Gasteiger partial charge in [0.15, 0.2) is 5.60 Å². The van der Waals surface area contributed by atoms with Crippen molar-refractivity contribution >= 4 is 17.5 Å². The molecule has 7 heteroatoms. The molecule has 0 aromatic heterocycles. The van der Waals surface area contributed by atoms with Gasteiger partial charge in [0.05, 0.1) is 25.9 Å². The van der Waals surface area contributed by atoms with Crippen LogP contribution in [-0.2, 0) is 9.53 Å². The molecule has 2 saturated heterocycles. The van der Waals surface area contributed by atoms with E-state index >= 15 is 0 Å². The third-order valence-electron chi connectivity index (χ3n) is 4.63. The summed E-state index contributed by atoms with van der Waals surface area (Å²) in [5, 5.41) is 13.5. The Morgan fingerprint density at radius 3 is 2.75 bits per heavy atom. The number of nitrogens with zero attached hydrogens (tertiary/aromatic N) is 1. The summed E-state index contributed by atoms with van der Waals surface area (Å²) in [4.78, 5) is 15.0. The predicted molar refractivity (Wildman–Crippen MR) is 90.3 cm³/mol. The van der Waals surface area contributed by atoms with Gasteiger partial charge in [0.25, 0.3) is 5.91 Å². The minimum absolute atomic E-state index is 0.0682. The van der Waals surface area contributed by atoms with Gasteiger partial charge in [0, 0.05) is 24.4 Å². The number of morpholine rings is 1. The van der Waals surface area contributed by atoms with Crippen LogP contribution in [0.3, 0.4) is 0 Å². The van der Waals surface area contributed by atoms with Gasteiger partial charge in [-0.3, -0.25) is 4.79 Å². The maximum atomic E-state index is 13.3. The fourth-order valence-corrected chi connectivity index (χ4v) is 3.38. The zero-order valence-corrected chi connectivity index (χ0v) is 14.3. The second-order valence-corrected chi connectivity index (χ2v) is 6.65. The summed E-state index contributed by atoms with van der Waals surface area (Å²) in [7, 11) is 0. The Morgan fingerprint density at radius 2 is 2.08 bits per heavy atom. The number of ether oxygens (including phenoxy) is 2. The Hall–Kier alpha value is -1.34. The summed E-state index contributed by atoms with van der Waals surface area (Å²) >= 11 is 5.93. The van der Waals surface area contributed by atoms with Crippen LogP contribution in [-0.4, -0.2) is 67.0 Å². The Morgan fingerprint density at radius 1 is 1.38 bits per heavy atom. The number of nitrogens with one attached hydrogen (secondary N) is 1. The number of amides is 1. The highest BCUT2D eigenvalue weighted by molar-refractivity contribution is 6.30. The van der Waals surface area contributed by atoms with E-state index in [2.05, 4.69) is 5.32 Å². The molecule has 0 unspecified atom stereocenters. The Kier molecular flexibility index (Phi) is 5.61. The number of aliphatic hydroxyl groups excluding tert-OH is 1. The highest BCUT2D eigenvalue weighted by Gasteiger charge is 2.46. The summed E-state index contributed by atoms with van der Waals surface area (Å²) in [5.41, 5.74) is -0.913. The predicted octanol–water partition coefficient (Wildman–Crippen LogP) is 1.06. The first-order valence-electron chi connectivity index (χ1n) is 8.30. The fraction of sp³-hybridized carbons (Fsp3) is 0.588. The van der Waals surface area contributed by atoms with E-state index in [0.717, 1.165) is 0 Å². The molecule has 1 atom stereocenters. The lowest BCUT2D eigenvalue weighted by Crippen LogP contribution is -2.62. The van der Waals surface area contributed by atoms with Crippen LogP contribution in [0.4, 0.5) is 0 Å². The van der Waals surface area contributed by atoms with E-state index in [1.165, 1.54) is 0 Å². The lowest BCUT2D eigenvalue weighted by atomic mass is 9.89. The van der Waals surface area contributed by atoms with Crippen LogP contribution < -0.4 is 10.1 Å². The number of hydrogen-bond acceptors (Lipinski definition) is 5. The van der Waals surface area contributed by atoms with E-state index in [9.17, 15) is 9.90 Å². The molecule has 6 nitrogen and oxygen atoms in total. The number of piperidine rings is 1. The molecule has 2 heterocycles. The molecule has 0 saturated carbocycles. The van der Waals surface area contributed by atoms with Crippen LogP contribution in [0.15, 0.2) is 24.3 Å². The van der Waals surface area contributed by atoms with Crippen molar-refractivity contribution in [2.75, 3.05) is 39.5 Å². The van der Waals surface area contributed by atoms with Gasteiger partial charge in [-0.05, 0) is 37.4 Å². The van der Waals surface area contributed by atoms with Crippen LogP contribution in [0.5, 0.6) is 5.75 Å². The van der Waals surface area contributed by atoms with Gasteiger partial charge in [0.1, 0.15) is 5.75 Å². The Labute approximate surface area is 146 Å². The SMILES string of the molecule is O=C(N1CCOC[C@H]1CO)C1(Oc2ccc(Cl)cc2)CCNCC1. The normalized spacial score (nSPS) is 23.8. The van der Waals surface area contributed by atoms with Gasteiger partial charge in [-0.2, -0.15) is 0 Å². The number of carbonyl (C=O) groups excluding carboxylic acids is 1. The molecule has 0 spiro atoms. The minimum atomic E-state index is -0.913. The highest BCUT2D eigenvalue weighted by Crippen LogP contribution is 2.30. The average Bonchev–Trinajstić information content (AvgIpc) is 2.64. The third-order valence-corrected chi connectivity index (χ3v) is 4.88. The quantitative estimate of drug-likeness (QED) is 0.846. The van der Waals surface area contributed by atoms with Gasteiger partial charge in [0.2, 0.25) is 0 Å². The molecule has 132 valence electrons. The molecule has 0 radical (unpaired) electrons. The van der Waals surface area contributed by atoms with Crippen LogP contribution in [0.1, 0.15) is 12.8 Å². The largest absolute Gasteiger partial charge is 0.477 e. The van der Waals surface area contributed by atoms with Crippen LogP contribution >= 0.6 is 11.6 Å². The van der Waals surface area contributed by atoms with Crippen molar-refractivity contribution in [2.24, 2.45) is 0 Å². The second-order valence-electron chi connectivity index (χ2n) is 6.21. The molecule has 0 aliphatic carbocycles. The number of hydrogen-bond donors (Lipinski definition) is 2. The van der Waals surface area contributed by atoms with E-state index in [4.69, 9.17) is 21.1 Å². The summed E-state index contributed by atoms with van der Waals surface area (Å²) in [6.07, 6.45) is 1.17. The van der Waals surface area contributed by atoms with E-state index in [0.29, 0.717) is 56.5 Å². The molecule has 1 aromatic carbocycles. The van der Waals surface area contributed by atoms with E-state index in [1.54, 1.807) is 29.2 Å². The molecular formula is C17H23ClN2O4. The van der Waals surface area contributed by atoms with Crippen molar-refractivity contribution in [1.29, 1.82) is 0 Å². The summed E-state index contributed by atoms with van der Waals surface area (Å²) in [5.74, 6) is 0.560. The van der Waals surface area contributed by atoms with E-state index < -0.39 is 5.60 Å². The molecule has 2 N–H and O–H groups in total. The standard InChI is InChI=1S/C17H23ClN2O4/c18-13-1-3-15(4-2-13)24-17(5-7-19-8-6-17)16(22)20-9-10-23-12-14(20)11-21/h1-4,14,19,21H,5-12H2/t14-/m1/s1. The van der Waals surface area contributed by atoms with E-state index in [-0.39, 0.29) is 18.6 Å². The van der Waals surface area contributed by atoms with Gasteiger partial charge >= 0.3 is 0 Å². The number of benzene rings is 1. The minimum Gasteiger partial charge on any atom is -0.477 e. The lowest BCUT2D eigenvalue weighted by Gasteiger charge is -2.43. The number of carbonyl (C=O) groups is 1. The summed E-state index contributed by atoms with van der Waals surface area (Å²) in [6.45, 7) is 2.64. The molecule has 3 rings (SSSR count). The van der Waals surface area contributed by atoms with Gasteiger partial charge in [-0.15, -0.1) is 0 Å². The van der Waals surface area contributed by atoms with Crippen molar-refractivity contribution in [3.05, 3.63) is 29.3 Å². The average molecular weight is 355 g/mol. The number of halogens is 1. The third kappa shape index (κ3) is 3.67.